The Morgan fingerprint density at radius 1 is 0.815 bits per heavy atom. The summed E-state index contributed by atoms with van der Waals surface area (Å²) in [6, 6.07) is 9.77. The molecule has 2 aromatic carbocycles. The third-order valence-corrected chi connectivity index (χ3v) is 7.19. The molecule has 0 fully saturated rings. The molecule has 3 nitrogen and oxygen atoms in total. The van der Waals surface area contributed by atoms with Crippen LogP contribution in [-0.4, -0.2) is 14.5 Å². The largest absolute Gasteiger partial charge is 0.241 e. The van der Waals surface area contributed by atoms with E-state index in [1.54, 1.807) is 0 Å². The van der Waals surface area contributed by atoms with Crippen molar-refractivity contribution in [2.75, 3.05) is 0 Å². The van der Waals surface area contributed by atoms with Crippen molar-refractivity contribution in [3.63, 3.8) is 0 Å². The van der Waals surface area contributed by atoms with E-state index in [-0.39, 0.29) is 17.2 Å². The van der Waals surface area contributed by atoms with Crippen LogP contribution in [0.3, 0.4) is 0 Å². The summed E-state index contributed by atoms with van der Waals surface area (Å²) in [5, 5.41) is -0.232. The molecule has 0 aliphatic carbocycles. The molecule has 2 unspecified atom stereocenters. The molecule has 2 atom stereocenters. The first-order valence-electron chi connectivity index (χ1n) is 9.29. The summed E-state index contributed by atoms with van der Waals surface area (Å²) < 4.78 is 29.4. The summed E-state index contributed by atoms with van der Waals surface area (Å²) in [5.41, 5.74) is 5.94. The molecule has 0 amide bonds. The van der Waals surface area contributed by atoms with Crippen molar-refractivity contribution in [1.82, 2.24) is 4.72 Å². The number of hydrogen-bond donors (Lipinski definition) is 2. The number of rotatable bonds is 6. The summed E-state index contributed by atoms with van der Waals surface area (Å²) in [6.45, 7) is 13.8. The van der Waals surface area contributed by atoms with Gasteiger partial charge in [0.1, 0.15) is 0 Å². The van der Waals surface area contributed by atoms with Crippen LogP contribution in [0.1, 0.15) is 52.5 Å². The normalized spacial score (nSPS) is 14.4. The Morgan fingerprint density at radius 2 is 1.26 bits per heavy atom. The minimum atomic E-state index is -3.65. The molecule has 2 rings (SSSR count). The Hall–Kier alpha value is -1.30. The van der Waals surface area contributed by atoms with Crippen LogP contribution in [0.2, 0.25) is 0 Å². The molecule has 0 heterocycles. The average molecular weight is 406 g/mol. The highest BCUT2D eigenvalue weighted by Crippen LogP contribution is 2.31. The number of aryl methyl sites for hydroxylation is 5. The van der Waals surface area contributed by atoms with Crippen molar-refractivity contribution in [2.45, 2.75) is 64.7 Å². The van der Waals surface area contributed by atoms with Gasteiger partial charge in [-0.1, -0.05) is 60.9 Å². The van der Waals surface area contributed by atoms with Gasteiger partial charge in [-0.3, -0.25) is 0 Å². The minimum absolute atomic E-state index is 0.0918. The molecule has 0 saturated carbocycles. The van der Waals surface area contributed by atoms with Gasteiger partial charge in [0.25, 0.3) is 0 Å². The number of thiol groups is 1. The highest BCUT2D eigenvalue weighted by atomic mass is 32.2. The van der Waals surface area contributed by atoms with E-state index in [9.17, 15) is 8.42 Å². The van der Waals surface area contributed by atoms with E-state index in [1.165, 1.54) is 0 Å². The van der Waals surface area contributed by atoms with E-state index < -0.39 is 10.0 Å². The Labute approximate surface area is 170 Å². The molecule has 148 valence electrons. The molecular formula is C22H31NO2S2. The summed E-state index contributed by atoms with van der Waals surface area (Å²) in [5.74, 6) is 0.0918. The van der Waals surface area contributed by atoms with Crippen molar-refractivity contribution in [3.05, 3.63) is 63.7 Å². The van der Waals surface area contributed by atoms with Crippen LogP contribution in [0.25, 0.3) is 0 Å². The van der Waals surface area contributed by atoms with E-state index in [1.807, 2.05) is 60.6 Å². The lowest BCUT2D eigenvalue weighted by molar-refractivity contribution is 0.440. The zero-order chi connectivity index (χ0) is 20.5. The fourth-order valence-corrected chi connectivity index (χ4v) is 6.30. The number of sulfonamides is 1. The Balaban J connectivity index is 2.43. The predicted molar refractivity (Wildman–Crippen MR) is 117 cm³/mol. The Bertz CT molecular complexity index is 890. The van der Waals surface area contributed by atoms with Gasteiger partial charge < -0.3 is 0 Å². The zero-order valence-corrected chi connectivity index (χ0v) is 19.0. The summed E-state index contributed by atoms with van der Waals surface area (Å²) in [6.07, 6.45) is 0. The van der Waals surface area contributed by atoms with E-state index in [0.717, 1.165) is 33.4 Å². The summed E-state index contributed by atoms with van der Waals surface area (Å²) >= 11 is 4.81. The highest BCUT2D eigenvalue weighted by Gasteiger charge is 2.30. The SMILES string of the molecule is Cc1cc(C)cc(C(S)C(NS(=O)(=O)c2c(C)cc(C)cc2C)C(C)C)c1. The maximum absolute atomic E-state index is 13.2. The van der Waals surface area contributed by atoms with Gasteiger partial charge >= 0.3 is 0 Å². The van der Waals surface area contributed by atoms with Crippen LogP contribution >= 0.6 is 12.6 Å². The molecule has 1 N–H and O–H groups in total. The van der Waals surface area contributed by atoms with Gasteiger partial charge in [0.15, 0.2) is 0 Å². The second kappa shape index (κ2) is 8.38. The zero-order valence-electron chi connectivity index (χ0n) is 17.3. The third-order valence-electron chi connectivity index (χ3n) is 4.81. The Morgan fingerprint density at radius 3 is 1.70 bits per heavy atom. The van der Waals surface area contributed by atoms with Crippen LogP contribution in [-0.2, 0) is 10.0 Å². The predicted octanol–water partition coefficient (Wildman–Crippen LogP) is 5.20. The molecule has 0 spiro atoms. The van der Waals surface area contributed by atoms with Crippen LogP contribution in [0.4, 0.5) is 0 Å². The standard InChI is InChI=1S/C22H31NO2S2/c1-13(2)20(21(26)19-11-14(3)8-15(4)12-19)23-27(24,25)22-17(6)9-16(5)10-18(22)7/h8-13,20-21,23,26H,1-7H3. The first-order valence-corrected chi connectivity index (χ1v) is 11.3. The second-order valence-corrected chi connectivity index (χ2v) is 10.2. The lowest BCUT2D eigenvalue weighted by Crippen LogP contribution is -2.41. The first-order chi connectivity index (χ1) is 12.4. The maximum Gasteiger partial charge on any atom is 0.241 e. The molecule has 27 heavy (non-hydrogen) atoms. The summed E-state index contributed by atoms with van der Waals surface area (Å²) in [7, 11) is -3.65. The van der Waals surface area contributed by atoms with Crippen LogP contribution in [0, 0.1) is 40.5 Å². The van der Waals surface area contributed by atoms with Gasteiger partial charge in [0.2, 0.25) is 10.0 Å². The lowest BCUT2D eigenvalue weighted by Gasteiger charge is -2.29. The van der Waals surface area contributed by atoms with E-state index >= 15 is 0 Å². The van der Waals surface area contributed by atoms with Gasteiger partial charge in [-0.25, -0.2) is 13.1 Å². The molecule has 0 radical (unpaired) electrons. The molecule has 0 saturated heterocycles. The fourth-order valence-electron chi connectivity index (χ4n) is 3.78. The van der Waals surface area contributed by atoms with Crippen LogP contribution in [0.5, 0.6) is 0 Å². The molecule has 5 heteroatoms. The van der Waals surface area contributed by atoms with E-state index in [4.69, 9.17) is 12.6 Å². The monoisotopic (exact) mass is 405 g/mol. The first kappa shape index (κ1) is 22.0. The van der Waals surface area contributed by atoms with Gasteiger partial charge in [-0.2, -0.15) is 12.6 Å². The molecule has 0 aromatic heterocycles. The lowest BCUT2D eigenvalue weighted by atomic mass is 9.94. The van der Waals surface area contributed by atoms with Crippen molar-refractivity contribution in [3.8, 4) is 0 Å². The number of nitrogens with one attached hydrogen (secondary N) is 1. The molecule has 0 aliphatic heterocycles. The van der Waals surface area contributed by atoms with Crippen molar-refractivity contribution in [1.29, 1.82) is 0 Å². The number of benzene rings is 2. The summed E-state index contributed by atoms with van der Waals surface area (Å²) in [4.78, 5) is 0.375. The van der Waals surface area contributed by atoms with Gasteiger partial charge in [0, 0.05) is 11.3 Å². The molecule has 0 aliphatic rings. The highest BCUT2D eigenvalue weighted by molar-refractivity contribution is 7.89. The second-order valence-electron chi connectivity index (χ2n) is 7.98. The van der Waals surface area contributed by atoms with E-state index in [2.05, 4.69) is 22.9 Å². The van der Waals surface area contributed by atoms with Crippen molar-refractivity contribution >= 4 is 22.7 Å². The third kappa shape index (κ3) is 5.15. The van der Waals surface area contributed by atoms with Crippen LogP contribution < -0.4 is 4.72 Å². The Kier molecular flexibility index (Phi) is 6.82. The molecule has 2 aromatic rings. The topological polar surface area (TPSA) is 46.2 Å². The molecule has 0 bridgehead atoms. The minimum Gasteiger partial charge on any atom is -0.207 e. The van der Waals surface area contributed by atoms with E-state index in [0.29, 0.717) is 4.90 Å². The smallest absolute Gasteiger partial charge is 0.207 e. The van der Waals surface area contributed by atoms with Crippen LogP contribution in [0.15, 0.2) is 35.2 Å². The quantitative estimate of drug-likeness (QED) is 0.649. The molecular weight excluding hydrogens is 374 g/mol. The maximum atomic E-state index is 13.2. The average Bonchev–Trinajstić information content (AvgIpc) is 2.49. The van der Waals surface area contributed by atoms with Crippen molar-refractivity contribution in [2.24, 2.45) is 5.92 Å². The van der Waals surface area contributed by atoms with Crippen molar-refractivity contribution < 1.29 is 8.42 Å². The fraction of sp³-hybridized carbons (Fsp3) is 0.455. The van der Waals surface area contributed by atoms with Gasteiger partial charge in [-0.15, -0.1) is 0 Å². The van der Waals surface area contributed by atoms with Gasteiger partial charge in [0.05, 0.1) is 4.90 Å². The number of hydrogen-bond acceptors (Lipinski definition) is 3. The van der Waals surface area contributed by atoms with Gasteiger partial charge in [-0.05, 0) is 57.2 Å².